The van der Waals surface area contributed by atoms with Gasteiger partial charge in [0.15, 0.2) is 12.4 Å². The number of nitrogen functional groups attached to an aromatic ring is 1. The van der Waals surface area contributed by atoms with Crippen molar-refractivity contribution < 1.29 is 9.36 Å². The molecule has 0 saturated heterocycles. The van der Waals surface area contributed by atoms with E-state index in [4.69, 9.17) is 5.73 Å². The van der Waals surface area contributed by atoms with Crippen molar-refractivity contribution in [2.75, 3.05) is 21.7 Å². The molecule has 0 radical (unpaired) electrons. The van der Waals surface area contributed by atoms with Crippen LogP contribution in [0.3, 0.4) is 0 Å². The van der Waals surface area contributed by atoms with Crippen molar-refractivity contribution >= 4 is 50.9 Å². The number of amides is 1. The van der Waals surface area contributed by atoms with Gasteiger partial charge in [-0.05, 0) is 72.8 Å². The lowest BCUT2D eigenvalue weighted by Gasteiger charge is -2.11. The van der Waals surface area contributed by atoms with Crippen molar-refractivity contribution in [3.8, 4) is 0 Å². The molecule has 0 saturated carbocycles. The maximum atomic E-state index is 12.7. The Balaban J connectivity index is 1.23. The molecule has 35 heavy (non-hydrogen) atoms. The zero-order valence-electron chi connectivity index (χ0n) is 19.2. The number of hydrogen-bond acceptors (Lipinski definition) is 5. The molecule has 7 nitrogen and oxygen atoms in total. The van der Waals surface area contributed by atoms with Gasteiger partial charge in [0.05, 0.1) is 11.2 Å². The number of carbonyl (C=O) groups is 1. The van der Waals surface area contributed by atoms with Gasteiger partial charge < -0.3 is 21.7 Å². The topological polar surface area (TPSA) is 96.0 Å². The van der Waals surface area contributed by atoms with E-state index in [1.54, 1.807) is 18.3 Å². The third kappa shape index (κ3) is 5.20. The largest absolute Gasteiger partial charge is 0.399 e. The zero-order valence-corrected chi connectivity index (χ0v) is 19.2. The number of nitrogens with two attached hydrogens (primary N) is 1. The van der Waals surface area contributed by atoms with Crippen molar-refractivity contribution in [2.24, 2.45) is 7.05 Å². The van der Waals surface area contributed by atoms with Crippen LogP contribution in [0.5, 0.6) is 0 Å². The van der Waals surface area contributed by atoms with E-state index in [1.165, 1.54) is 0 Å². The average Bonchev–Trinajstić information content (AvgIpc) is 2.87. The first kappa shape index (κ1) is 21.9. The van der Waals surface area contributed by atoms with Crippen LogP contribution >= 0.6 is 0 Å². The van der Waals surface area contributed by atoms with Gasteiger partial charge in [-0.15, -0.1) is 0 Å². The summed E-state index contributed by atoms with van der Waals surface area (Å²) in [5.41, 5.74) is 12.5. The Hall–Kier alpha value is -4.91. The molecule has 1 amide bonds. The summed E-state index contributed by atoms with van der Waals surface area (Å²) >= 11 is 0. The van der Waals surface area contributed by atoms with E-state index < -0.39 is 0 Å². The van der Waals surface area contributed by atoms with E-state index in [1.807, 2.05) is 96.8 Å². The minimum atomic E-state index is -0.167. The minimum Gasteiger partial charge on any atom is -0.399 e. The lowest BCUT2D eigenvalue weighted by atomic mass is 10.1. The van der Waals surface area contributed by atoms with Crippen LogP contribution in [0.2, 0.25) is 0 Å². The number of anilines is 6. The van der Waals surface area contributed by atoms with Gasteiger partial charge in [0.2, 0.25) is 0 Å². The predicted octanol–water partition coefficient (Wildman–Crippen LogP) is 5.38. The highest BCUT2D eigenvalue weighted by molar-refractivity contribution is 6.04. The predicted molar refractivity (Wildman–Crippen MR) is 141 cm³/mol. The average molecular weight is 462 g/mol. The summed E-state index contributed by atoms with van der Waals surface area (Å²) in [6.07, 6.45) is 5.70. The van der Waals surface area contributed by atoms with Crippen LogP contribution in [0.1, 0.15) is 10.4 Å². The SMILES string of the molecule is C[n+]1ccc(Nc2ccc(C(=O)Nc3ccc(Nc4ccnc5ccc(N)cc45)cc3)cc2)cc1. The van der Waals surface area contributed by atoms with Crippen LogP contribution in [0.25, 0.3) is 10.9 Å². The van der Waals surface area contributed by atoms with E-state index >= 15 is 0 Å². The summed E-state index contributed by atoms with van der Waals surface area (Å²) in [5.74, 6) is -0.167. The van der Waals surface area contributed by atoms with Gasteiger partial charge in [-0.3, -0.25) is 9.78 Å². The molecule has 0 aliphatic heterocycles. The number of aromatic nitrogens is 2. The smallest absolute Gasteiger partial charge is 0.255 e. The van der Waals surface area contributed by atoms with Gasteiger partial charge in [0, 0.05) is 57.7 Å². The van der Waals surface area contributed by atoms with Crippen LogP contribution in [-0.2, 0) is 7.05 Å². The fraction of sp³-hybridized carbons (Fsp3) is 0.0357. The van der Waals surface area contributed by atoms with E-state index in [9.17, 15) is 4.79 Å². The number of fused-ring (bicyclic) bond motifs is 1. The number of rotatable bonds is 6. The van der Waals surface area contributed by atoms with Crippen molar-refractivity contribution in [1.82, 2.24) is 4.98 Å². The molecule has 7 heteroatoms. The summed E-state index contributed by atoms with van der Waals surface area (Å²) in [7, 11) is 1.97. The highest BCUT2D eigenvalue weighted by atomic mass is 16.1. The molecule has 0 fully saturated rings. The van der Waals surface area contributed by atoms with Gasteiger partial charge in [-0.2, -0.15) is 0 Å². The van der Waals surface area contributed by atoms with Crippen LogP contribution in [0, 0.1) is 0 Å². The Labute approximate surface area is 203 Å². The summed E-state index contributed by atoms with van der Waals surface area (Å²) in [6.45, 7) is 0. The summed E-state index contributed by atoms with van der Waals surface area (Å²) in [5, 5.41) is 10.6. The molecule has 2 heterocycles. The Kier molecular flexibility index (Phi) is 5.96. The summed E-state index contributed by atoms with van der Waals surface area (Å²) in [6, 6.07) is 26.5. The van der Waals surface area contributed by atoms with Gasteiger partial charge in [0.1, 0.15) is 7.05 Å². The van der Waals surface area contributed by atoms with Gasteiger partial charge >= 0.3 is 0 Å². The number of benzene rings is 3. The maximum Gasteiger partial charge on any atom is 0.255 e. The van der Waals surface area contributed by atoms with Crippen LogP contribution in [-0.4, -0.2) is 10.9 Å². The Morgan fingerprint density at radius 3 is 2.14 bits per heavy atom. The molecule has 5 N–H and O–H groups in total. The molecule has 2 aromatic heterocycles. The summed E-state index contributed by atoms with van der Waals surface area (Å²) in [4.78, 5) is 17.1. The number of pyridine rings is 2. The van der Waals surface area contributed by atoms with Crippen molar-refractivity contribution in [2.45, 2.75) is 0 Å². The van der Waals surface area contributed by atoms with E-state index in [-0.39, 0.29) is 5.91 Å². The van der Waals surface area contributed by atoms with Crippen molar-refractivity contribution in [1.29, 1.82) is 0 Å². The second kappa shape index (κ2) is 9.52. The first-order chi connectivity index (χ1) is 17.0. The Morgan fingerprint density at radius 1 is 0.771 bits per heavy atom. The molecule has 0 atom stereocenters. The zero-order chi connectivity index (χ0) is 24.2. The first-order valence-electron chi connectivity index (χ1n) is 11.2. The van der Waals surface area contributed by atoms with Crippen LogP contribution < -0.4 is 26.3 Å². The van der Waals surface area contributed by atoms with Crippen LogP contribution in [0.4, 0.5) is 34.1 Å². The molecule has 0 spiro atoms. The summed E-state index contributed by atoms with van der Waals surface area (Å²) < 4.78 is 1.97. The number of carbonyl (C=O) groups excluding carboxylic acids is 1. The molecule has 5 rings (SSSR count). The standard InChI is InChI=1S/C28H24N6O/c1-34-16-13-24(14-17-34)31-21-5-2-19(3-6-21)28(35)33-23-9-7-22(8-10-23)32-27-12-15-30-26-11-4-20(29)18-25(26)27/h2-18H,29H2,1H3,(H2,30,32,33,35)/p+1. The molecule has 0 aliphatic carbocycles. The van der Waals surface area contributed by atoms with E-state index in [0.717, 1.165) is 33.7 Å². The third-order valence-electron chi connectivity index (χ3n) is 5.60. The Morgan fingerprint density at radius 2 is 1.40 bits per heavy atom. The molecular formula is C28H25N6O+. The fourth-order valence-corrected chi connectivity index (χ4v) is 3.72. The molecule has 0 bridgehead atoms. The van der Waals surface area contributed by atoms with Gasteiger partial charge in [-0.25, -0.2) is 4.57 Å². The molecular weight excluding hydrogens is 436 g/mol. The number of nitrogens with one attached hydrogen (secondary N) is 3. The van der Waals surface area contributed by atoms with Crippen LogP contribution in [0.15, 0.2) is 104 Å². The molecule has 3 aromatic carbocycles. The second-order valence-electron chi connectivity index (χ2n) is 8.25. The first-order valence-corrected chi connectivity index (χ1v) is 11.2. The highest BCUT2D eigenvalue weighted by Crippen LogP contribution is 2.27. The number of aryl methyl sites for hydroxylation is 1. The van der Waals surface area contributed by atoms with Gasteiger partial charge in [0.25, 0.3) is 5.91 Å². The molecule has 172 valence electrons. The maximum absolute atomic E-state index is 12.7. The lowest BCUT2D eigenvalue weighted by Crippen LogP contribution is -2.25. The van der Waals surface area contributed by atoms with Crippen molar-refractivity contribution in [3.63, 3.8) is 0 Å². The lowest BCUT2D eigenvalue weighted by molar-refractivity contribution is -0.671. The minimum absolute atomic E-state index is 0.167. The van der Waals surface area contributed by atoms with Gasteiger partial charge in [-0.1, -0.05) is 0 Å². The van der Waals surface area contributed by atoms with Crippen molar-refractivity contribution in [3.05, 3.63) is 109 Å². The quantitative estimate of drug-likeness (QED) is 0.201. The monoisotopic (exact) mass is 461 g/mol. The fourth-order valence-electron chi connectivity index (χ4n) is 3.72. The molecule has 5 aromatic rings. The molecule has 0 unspecified atom stereocenters. The Bertz CT molecular complexity index is 1480. The second-order valence-corrected chi connectivity index (χ2v) is 8.25. The third-order valence-corrected chi connectivity index (χ3v) is 5.60. The van der Waals surface area contributed by atoms with E-state index in [2.05, 4.69) is 20.9 Å². The normalized spacial score (nSPS) is 10.7. The van der Waals surface area contributed by atoms with E-state index in [0.29, 0.717) is 16.9 Å². The highest BCUT2D eigenvalue weighted by Gasteiger charge is 2.08. The molecule has 0 aliphatic rings. The number of nitrogens with zero attached hydrogens (tertiary/aromatic N) is 2. The number of hydrogen-bond donors (Lipinski definition) is 4.